The fourth-order valence-corrected chi connectivity index (χ4v) is 4.18. The zero-order valence-electron chi connectivity index (χ0n) is 15.7. The van der Waals surface area contributed by atoms with Gasteiger partial charge < -0.3 is 15.0 Å². The van der Waals surface area contributed by atoms with Crippen LogP contribution in [0.15, 0.2) is 48.0 Å². The van der Waals surface area contributed by atoms with E-state index in [4.69, 9.17) is 4.74 Å². The normalized spacial score (nSPS) is 10.5. The van der Waals surface area contributed by atoms with E-state index in [1.807, 2.05) is 31.4 Å². The number of hydrogen-bond donors (Lipinski definition) is 1. The van der Waals surface area contributed by atoms with E-state index < -0.39 is 0 Å². The first kappa shape index (κ1) is 20.0. The fraction of sp³-hybridized carbons (Fsp3) is 0.250. The first-order valence-corrected chi connectivity index (χ1v) is 10.6. The lowest BCUT2D eigenvalue weighted by molar-refractivity contribution is -0.132. The zero-order chi connectivity index (χ0) is 19.9. The summed E-state index contributed by atoms with van der Waals surface area (Å²) < 4.78 is 5.58. The minimum Gasteiger partial charge on any atom is -0.484 e. The van der Waals surface area contributed by atoms with Crippen molar-refractivity contribution in [1.29, 1.82) is 0 Å². The summed E-state index contributed by atoms with van der Waals surface area (Å²) in [6.45, 7) is 5.13. The lowest BCUT2D eigenvalue weighted by Gasteiger charge is -2.18. The smallest absolute Gasteiger partial charge is 0.267 e. The monoisotopic (exact) mass is 415 g/mol. The number of anilines is 1. The van der Waals surface area contributed by atoms with Crippen molar-refractivity contribution < 1.29 is 14.3 Å². The summed E-state index contributed by atoms with van der Waals surface area (Å²) in [6, 6.07) is 10.9. The van der Waals surface area contributed by atoms with Gasteiger partial charge in [0.15, 0.2) is 6.61 Å². The molecule has 0 aliphatic rings. The van der Waals surface area contributed by atoms with Crippen LogP contribution < -0.4 is 10.1 Å². The van der Waals surface area contributed by atoms with Crippen LogP contribution in [0.5, 0.6) is 5.75 Å². The lowest BCUT2D eigenvalue weighted by Crippen LogP contribution is -2.34. The Hall–Kier alpha value is -2.71. The minimum absolute atomic E-state index is 0.0297. The van der Waals surface area contributed by atoms with Crippen LogP contribution in [0.1, 0.15) is 23.5 Å². The molecule has 6 nitrogen and oxygen atoms in total. The molecule has 2 amide bonds. The van der Waals surface area contributed by atoms with E-state index in [1.54, 1.807) is 46.7 Å². The van der Waals surface area contributed by atoms with Crippen LogP contribution in [0.25, 0.3) is 9.88 Å². The van der Waals surface area contributed by atoms with Gasteiger partial charge in [0, 0.05) is 24.8 Å². The SMILES string of the molecule is CCN(CC)C(=O)COc1cccc(NC(=O)c2cnc(-c3cccs3)s2)c1. The van der Waals surface area contributed by atoms with Gasteiger partial charge in [-0.05, 0) is 37.4 Å². The van der Waals surface area contributed by atoms with Gasteiger partial charge in [-0.15, -0.1) is 22.7 Å². The molecule has 0 fully saturated rings. The minimum atomic E-state index is -0.225. The van der Waals surface area contributed by atoms with Crippen molar-refractivity contribution in [2.45, 2.75) is 13.8 Å². The molecule has 2 aromatic heterocycles. The maximum Gasteiger partial charge on any atom is 0.267 e. The fourth-order valence-electron chi connectivity index (χ4n) is 2.56. The van der Waals surface area contributed by atoms with Crippen LogP contribution in [0.2, 0.25) is 0 Å². The molecule has 1 aromatic carbocycles. The molecular formula is C20H21N3O3S2. The molecule has 0 atom stereocenters. The molecule has 2 heterocycles. The number of amides is 2. The number of nitrogens with one attached hydrogen (secondary N) is 1. The van der Waals surface area contributed by atoms with Gasteiger partial charge in [-0.3, -0.25) is 9.59 Å². The highest BCUT2D eigenvalue weighted by atomic mass is 32.1. The molecule has 0 radical (unpaired) electrons. The van der Waals surface area contributed by atoms with Gasteiger partial charge in [-0.25, -0.2) is 4.98 Å². The number of hydrogen-bond acceptors (Lipinski definition) is 6. The number of nitrogens with zero attached hydrogens (tertiary/aromatic N) is 2. The van der Waals surface area contributed by atoms with Crippen molar-refractivity contribution in [3.63, 3.8) is 0 Å². The van der Waals surface area contributed by atoms with E-state index >= 15 is 0 Å². The second-order valence-corrected chi connectivity index (χ2v) is 7.82. The topological polar surface area (TPSA) is 71.5 Å². The van der Waals surface area contributed by atoms with Crippen molar-refractivity contribution in [3.8, 4) is 15.6 Å². The molecule has 3 rings (SSSR count). The predicted molar refractivity (Wildman–Crippen MR) is 113 cm³/mol. The van der Waals surface area contributed by atoms with Crippen molar-refractivity contribution in [2.24, 2.45) is 0 Å². The van der Waals surface area contributed by atoms with E-state index in [-0.39, 0.29) is 18.4 Å². The Morgan fingerprint density at radius 1 is 1.18 bits per heavy atom. The third-order valence-electron chi connectivity index (χ3n) is 4.03. The summed E-state index contributed by atoms with van der Waals surface area (Å²) in [5.74, 6) is 0.240. The third-order valence-corrected chi connectivity index (χ3v) is 6.07. The van der Waals surface area contributed by atoms with Crippen LogP contribution >= 0.6 is 22.7 Å². The maximum absolute atomic E-state index is 12.5. The number of carbonyl (C=O) groups is 2. The van der Waals surface area contributed by atoms with Crippen molar-refractivity contribution in [3.05, 3.63) is 52.9 Å². The number of aromatic nitrogens is 1. The lowest BCUT2D eigenvalue weighted by atomic mass is 10.3. The summed E-state index contributed by atoms with van der Waals surface area (Å²) in [5.41, 5.74) is 0.601. The Kier molecular flexibility index (Phi) is 6.78. The molecule has 1 N–H and O–H groups in total. The Balaban J connectivity index is 1.61. The Bertz CT molecular complexity index is 934. The van der Waals surface area contributed by atoms with Gasteiger partial charge in [0.05, 0.1) is 11.1 Å². The molecule has 0 spiro atoms. The molecule has 28 heavy (non-hydrogen) atoms. The molecule has 8 heteroatoms. The first-order valence-electron chi connectivity index (χ1n) is 8.92. The van der Waals surface area contributed by atoms with E-state index in [2.05, 4.69) is 10.3 Å². The quantitative estimate of drug-likeness (QED) is 0.593. The summed E-state index contributed by atoms with van der Waals surface area (Å²) in [7, 11) is 0. The average Bonchev–Trinajstić information content (AvgIpc) is 3.39. The van der Waals surface area contributed by atoms with Crippen molar-refractivity contribution in [2.75, 3.05) is 25.0 Å². The number of carbonyl (C=O) groups excluding carboxylic acids is 2. The Morgan fingerprint density at radius 2 is 2.00 bits per heavy atom. The second-order valence-electron chi connectivity index (χ2n) is 5.84. The Morgan fingerprint density at radius 3 is 2.71 bits per heavy atom. The molecule has 0 bridgehead atoms. The molecule has 0 aliphatic carbocycles. The van der Waals surface area contributed by atoms with Crippen LogP contribution in [0, 0.1) is 0 Å². The van der Waals surface area contributed by atoms with Crippen LogP contribution in [-0.2, 0) is 4.79 Å². The number of rotatable bonds is 8. The van der Waals surface area contributed by atoms with Gasteiger partial charge >= 0.3 is 0 Å². The molecular weight excluding hydrogens is 394 g/mol. The standard InChI is InChI=1S/C20H21N3O3S2/c1-3-23(4-2)18(24)13-26-15-8-5-7-14(11-15)22-19(25)17-12-21-20(28-17)16-9-6-10-27-16/h5-12H,3-4,13H2,1-2H3,(H,22,25). The maximum atomic E-state index is 12.5. The summed E-state index contributed by atoms with van der Waals surface area (Å²) >= 11 is 2.94. The van der Waals surface area contributed by atoms with Gasteiger partial charge in [0.1, 0.15) is 15.6 Å². The van der Waals surface area contributed by atoms with Crippen molar-refractivity contribution in [1.82, 2.24) is 9.88 Å². The first-order chi connectivity index (χ1) is 13.6. The Labute approximate surface area is 171 Å². The largest absolute Gasteiger partial charge is 0.484 e. The van der Waals surface area contributed by atoms with E-state index in [0.717, 1.165) is 9.88 Å². The van der Waals surface area contributed by atoms with Gasteiger partial charge in [-0.1, -0.05) is 12.1 Å². The molecule has 3 aromatic rings. The van der Waals surface area contributed by atoms with E-state index in [0.29, 0.717) is 29.4 Å². The number of thiophene rings is 1. The number of likely N-dealkylation sites (N-methyl/N-ethyl adjacent to an activating group) is 1. The molecule has 0 aliphatic heterocycles. The molecule has 0 unspecified atom stereocenters. The highest BCUT2D eigenvalue weighted by Gasteiger charge is 2.14. The third kappa shape index (κ3) is 4.96. The second kappa shape index (κ2) is 9.48. The number of thiazole rings is 1. The van der Waals surface area contributed by atoms with E-state index in [1.165, 1.54) is 11.3 Å². The van der Waals surface area contributed by atoms with Gasteiger partial charge in [0.25, 0.3) is 11.8 Å². The van der Waals surface area contributed by atoms with E-state index in [9.17, 15) is 9.59 Å². The highest BCUT2D eigenvalue weighted by molar-refractivity contribution is 7.22. The zero-order valence-corrected chi connectivity index (χ0v) is 17.3. The van der Waals surface area contributed by atoms with Gasteiger partial charge in [0.2, 0.25) is 0 Å². The number of ether oxygens (including phenoxy) is 1. The summed E-state index contributed by atoms with van der Waals surface area (Å²) in [5, 5.41) is 5.65. The van der Waals surface area contributed by atoms with Crippen molar-refractivity contribution >= 4 is 40.2 Å². The summed E-state index contributed by atoms with van der Waals surface area (Å²) in [4.78, 5) is 32.2. The van der Waals surface area contributed by atoms with Gasteiger partial charge in [-0.2, -0.15) is 0 Å². The predicted octanol–water partition coefficient (Wildman–Crippen LogP) is 4.37. The summed E-state index contributed by atoms with van der Waals surface area (Å²) in [6.07, 6.45) is 1.58. The van der Waals surface area contributed by atoms with Crippen LogP contribution in [0.4, 0.5) is 5.69 Å². The highest BCUT2D eigenvalue weighted by Crippen LogP contribution is 2.29. The molecule has 0 saturated carbocycles. The molecule has 146 valence electrons. The average molecular weight is 416 g/mol. The van der Waals surface area contributed by atoms with Crippen LogP contribution in [-0.4, -0.2) is 41.4 Å². The number of benzene rings is 1. The van der Waals surface area contributed by atoms with Crippen LogP contribution in [0.3, 0.4) is 0 Å². The molecule has 0 saturated heterocycles.